The number of sulfonamides is 1. The van der Waals surface area contributed by atoms with Crippen LogP contribution in [0.4, 0.5) is 10.1 Å². The van der Waals surface area contributed by atoms with Gasteiger partial charge in [-0.15, -0.1) is 0 Å². The minimum absolute atomic E-state index is 0.0247. The Morgan fingerprint density at radius 2 is 2.29 bits per heavy atom. The van der Waals surface area contributed by atoms with E-state index in [1.165, 1.54) is 0 Å². The van der Waals surface area contributed by atoms with Gasteiger partial charge in [0.25, 0.3) is 5.69 Å². The summed E-state index contributed by atoms with van der Waals surface area (Å²) >= 11 is 0. The lowest BCUT2D eigenvalue weighted by Gasteiger charge is -2.23. The van der Waals surface area contributed by atoms with E-state index in [9.17, 15) is 22.9 Å². The lowest BCUT2D eigenvalue weighted by Crippen LogP contribution is -2.48. The van der Waals surface area contributed by atoms with Crippen LogP contribution in [0.15, 0.2) is 23.1 Å². The third-order valence-electron chi connectivity index (χ3n) is 2.93. The molecule has 1 atom stereocenters. The number of nitrogens with zero attached hydrogens (tertiary/aromatic N) is 1. The van der Waals surface area contributed by atoms with E-state index in [4.69, 9.17) is 4.74 Å². The predicted molar refractivity (Wildman–Crippen MR) is 70.9 cm³/mol. The Balaban J connectivity index is 2.17. The summed E-state index contributed by atoms with van der Waals surface area (Å²) in [6.45, 7) is 1.51. The van der Waals surface area contributed by atoms with Crippen molar-refractivity contribution in [3.8, 4) is 0 Å². The van der Waals surface area contributed by atoms with Crippen LogP contribution in [0.5, 0.6) is 0 Å². The number of ether oxygens (including phenoxy) is 1. The molecule has 2 N–H and O–H groups in total. The summed E-state index contributed by atoms with van der Waals surface area (Å²) in [4.78, 5) is 9.35. The molecule has 1 aliphatic rings. The Bertz CT molecular complexity index is 631. The van der Waals surface area contributed by atoms with Crippen LogP contribution in [0.2, 0.25) is 0 Å². The Hall–Kier alpha value is -1.62. The Kier molecular flexibility index (Phi) is 4.83. The molecule has 0 amide bonds. The predicted octanol–water partition coefficient (Wildman–Crippen LogP) is 0.000600. The fourth-order valence-corrected chi connectivity index (χ4v) is 3.13. The second kappa shape index (κ2) is 6.43. The van der Waals surface area contributed by atoms with Crippen LogP contribution in [-0.2, 0) is 14.8 Å². The van der Waals surface area contributed by atoms with Gasteiger partial charge in [0.2, 0.25) is 10.0 Å². The average Bonchev–Trinajstić information content (AvgIpc) is 2.46. The van der Waals surface area contributed by atoms with Gasteiger partial charge < -0.3 is 10.1 Å². The van der Waals surface area contributed by atoms with Crippen LogP contribution in [-0.4, -0.2) is 45.7 Å². The highest BCUT2D eigenvalue weighted by Crippen LogP contribution is 2.24. The van der Waals surface area contributed by atoms with Gasteiger partial charge in [-0.3, -0.25) is 10.1 Å². The molecule has 1 fully saturated rings. The van der Waals surface area contributed by atoms with Gasteiger partial charge in [-0.2, -0.15) is 0 Å². The Morgan fingerprint density at radius 1 is 1.52 bits per heavy atom. The topological polar surface area (TPSA) is 111 Å². The standard InChI is InChI=1S/C11H14FN3O5S/c12-8-1-2-11(10(5-8)15(16)17)21(18,19)14-6-9-7-20-4-3-13-9/h1-2,5,9,13-14H,3-4,6-7H2. The fourth-order valence-electron chi connectivity index (χ4n) is 1.90. The van der Waals surface area contributed by atoms with Crippen LogP contribution in [0, 0.1) is 15.9 Å². The zero-order valence-corrected chi connectivity index (χ0v) is 11.7. The van der Waals surface area contributed by atoms with Gasteiger partial charge in [-0.05, 0) is 12.1 Å². The molecule has 1 saturated heterocycles. The molecule has 1 aromatic carbocycles. The van der Waals surface area contributed by atoms with Crippen molar-refractivity contribution in [2.24, 2.45) is 0 Å². The highest BCUT2D eigenvalue weighted by molar-refractivity contribution is 7.89. The first-order chi connectivity index (χ1) is 9.90. The first-order valence-electron chi connectivity index (χ1n) is 6.15. The summed E-state index contributed by atoms with van der Waals surface area (Å²) in [6, 6.07) is 2.11. The summed E-state index contributed by atoms with van der Waals surface area (Å²) in [6.07, 6.45) is 0. The molecule has 0 saturated carbocycles. The minimum Gasteiger partial charge on any atom is -0.378 e. The van der Waals surface area contributed by atoms with E-state index >= 15 is 0 Å². The zero-order chi connectivity index (χ0) is 15.5. The zero-order valence-electron chi connectivity index (χ0n) is 10.9. The summed E-state index contributed by atoms with van der Waals surface area (Å²) in [5, 5.41) is 13.9. The van der Waals surface area contributed by atoms with Crippen molar-refractivity contribution in [2.45, 2.75) is 10.9 Å². The first-order valence-corrected chi connectivity index (χ1v) is 7.63. The fraction of sp³-hybridized carbons (Fsp3) is 0.455. The SMILES string of the molecule is O=[N+]([O-])c1cc(F)ccc1S(=O)(=O)NCC1COCCN1. The second-order valence-electron chi connectivity index (χ2n) is 4.45. The second-order valence-corrected chi connectivity index (χ2v) is 6.18. The van der Waals surface area contributed by atoms with Crippen molar-refractivity contribution < 1.29 is 22.5 Å². The lowest BCUT2D eigenvalue weighted by molar-refractivity contribution is -0.388. The third-order valence-corrected chi connectivity index (χ3v) is 4.40. The Labute approximate surface area is 120 Å². The molecule has 1 aliphatic heterocycles. The van der Waals surface area contributed by atoms with Crippen LogP contribution in [0.3, 0.4) is 0 Å². The monoisotopic (exact) mass is 319 g/mol. The van der Waals surface area contributed by atoms with Crippen molar-refractivity contribution in [1.29, 1.82) is 0 Å². The molecule has 8 nitrogen and oxygen atoms in total. The third kappa shape index (κ3) is 3.94. The number of hydrogen-bond acceptors (Lipinski definition) is 6. The largest absolute Gasteiger partial charge is 0.378 e. The number of halogens is 1. The molecule has 0 radical (unpaired) electrons. The highest BCUT2D eigenvalue weighted by Gasteiger charge is 2.27. The summed E-state index contributed by atoms with van der Waals surface area (Å²) in [7, 11) is -4.11. The molecule has 1 heterocycles. The van der Waals surface area contributed by atoms with E-state index in [-0.39, 0.29) is 12.6 Å². The number of morpholine rings is 1. The molecular formula is C11H14FN3O5S. The van der Waals surface area contributed by atoms with Gasteiger partial charge in [0, 0.05) is 19.1 Å². The number of hydrogen-bond donors (Lipinski definition) is 2. The molecule has 0 bridgehead atoms. The van der Waals surface area contributed by atoms with Gasteiger partial charge in [0.1, 0.15) is 5.82 Å². The number of benzene rings is 1. The molecule has 0 aliphatic carbocycles. The highest BCUT2D eigenvalue weighted by atomic mass is 32.2. The average molecular weight is 319 g/mol. The molecule has 2 rings (SSSR count). The van der Waals surface area contributed by atoms with Crippen molar-refractivity contribution in [1.82, 2.24) is 10.0 Å². The first kappa shape index (κ1) is 15.8. The molecule has 0 spiro atoms. The number of nitro benzene ring substituents is 1. The normalized spacial score (nSPS) is 19.4. The van der Waals surface area contributed by atoms with E-state index in [1.54, 1.807) is 0 Å². The maximum Gasteiger partial charge on any atom is 0.292 e. The van der Waals surface area contributed by atoms with Gasteiger partial charge in [-0.1, -0.05) is 0 Å². The summed E-state index contributed by atoms with van der Waals surface area (Å²) < 4.78 is 44.7. The number of nitrogens with one attached hydrogen (secondary N) is 2. The van der Waals surface area contributed by atoms with Crippen LogP contribution >= 0.6 is 0 Å². The van der Waals surface area contributed by atoms with Crippen molar-refractivity contribution >= 4 is 15.7 Å². The van der Waals surface area contributed by atoms with E-state index in [0.29, 0.717) is 25.8 Å². The van der Waals surface area contributed by atoms with E-state index in [2.05, 4.69) is 10.0 Å². The number of rotatable bonds is 5. The van der Waals surface area contributed by atoms with Crippen molar-refractivity contribution in [3.05, 3.63) is 34.1 Å². The van der Waals surface area contributed by atoms with Crippen LogP contribution < -0.4 is 10.0 Å². The molecular weight excluding hydrogens is 305 g/mol. The van der Waals surface area contributed by atoms with Crippen LogP contribution in [0.25, 0.3) is 0 Å². The number of nitro groups is 1. The van der Waals surface area contributed by atoms with Gasteiger partial charge in [0.05, 0.1) is 24.2 Å². The maximum atomic E-state index is 13.0. The summed E-state index contributed by atoms with van der Waals surface area (Å²) in [5.41, 5.74) is -0.796. The Morgan fingerprint density at radius 3 is 2.90 bits per heavy atom. The van der Waals surface area contributed by atoms with Crippen molar-refractivity contribution in [2.75, 3.05) is 26.3 Å². The van der Waals surface area contributed by atoms with E-state index < -0.39 is 31.3 Å². The van der Waals surface area contributed by atoms with Gasteiger partial charge in [-0.25, -0.2) is 17.5 Å². The van der Waals surface area contributed by atoms with Gasteiger partial charge in [0.15, 0.2) is 4.90 Å². The lowest BCUT2D eigenvalue weighted by atomic mass is 10.3. The van der Waals surface area contributed by atoms with E-state index in [1.807, 2.05) is 0 Å². The quantitative estimate of drug-likeness (QED) is 0.584. The van der Waals surface area contributed by atoms with Crippen molar-refractivity contribution in [3.63, 3.8) is 0 Å². The summed E-state index contributed by atoms with van der Waals surface area (Å²) in [5.74, 6) is -0.872. The molecule has 0 aromatic heterocycles. The maximum absolute atomic E-state index is 13.0. The molecule has 10 heteroatoms. The molecule has 21 heavy (non-hydrogen) atoms. The smallest absolute Gasteiger partial charge is 0.292 e. The molecule has 1 aromatic rings. The molecule has 116 valence electrons. The van der Waals surface area contributed by atoms with Gasteiger partial charge >= 0.3 is 0 Å². The minimum atomic E-state index is -4.11. The van der Waals surface area contributed by atoms with E-state index in [0.717, 1.165) is 12.1 Å². The van der Waals surface area contributed by atoms with Crippen LogP contribution in [0.1, 0.15) is 0 Å². The molecule has 1 unspecified atom stereocenters.